The molecule has 1 heterocycles. The van der Waals surface area contributed by atoms with Crippen LogP contribution in [0.25, 0.3) is 11.5 Å². The molecule has 0 fully saturated rings. The van der Waals surface area contributed by atoms with Gasteiger partial charge in [-0.3, -0.25) is 4.79 Å². The first kappa shape index (κ1) is 15.5. The van der Waals surface area contributed by atoms with Crippen LogP contribution in [0.5, 0.6) is 0 Å². The van der Waals surface area contributed by atoms with Crippen molar-refractivity contribution in [3.05, 3.63) is 64.2 Å². The Hall–Kier alpha value is -2.44. The molecule has 3 rings (SSSR count). The minimum atomic E-state index is -0.625. The third-order valence-corrected chi connectivity index (χ3v) is 3.43. The summed E-state index contributed by atoms with van der Waals surface area (Å²) < 4.78 is 18.4. The molecule has 3 aromatic rings. The first-order chi connectivity index (χ1) is 11.0. The number of halogens is 3. The van der Waals surface area contributed by atoms with Crippen molar-refractivity contribution in [2.75, 3.05) is 5.32 Å². The van der Waals surface area contributed by atoms with Gasteiger partial charge in [0.15, 0.2) is 0 Å². The Morgan fingerprint density at radius 1 is 1.09 bits per heavy atom. The van der Waals surface area contributed by atoms with E-state index in [1.807, 2.05) is 0 Å². The number of nitrogens with one attached hydrogen (secondary N) is 1. The third kappa shape index (κ3) is 3.49. The number of hydrogen-bond donors (Lipinski definition) is 1. The van der Waals surface area contributed by atoms with E-state index in [-0.39, 0.29) is 16.8 Å². The Bertz CT molecular complexity index is 865. The molecule has 116 valence electrons. The van der Waals surface area contributed by atoms with Crippen molar-refractivity contribution < 1.29 is 13.6 Å². The molecule has 0 atom stereocenters. The highest BCUT2D eigenvalue weighted by Crippen LogP contribution is 2.22. The van der Waals surface area contributed by atoms with Crippen LogP contribution < -0.4 is 5.32 Å². The van der Waals surface area contributed by atoms with Crippen LogP contribution in [-0.4, -0.2) is 16.1 Å². The molecule has 0 radical (unpaired) electrons. The molecule has 0 saturated carbocycles. The van der Waals surface area contributed by atoms with Gasteiger partial charge in [0.1, 0.15) is 5.82 Å². The van der Waals surface area contributed by atoms with E-state index in [1.165, 1.54) is 12.1 Å². The van der Waals surface area contributed by atoms with Crippen molar-refractivity contribution in [2.24, 2.45) is 0 Å². The summed E-state index contributed by atoms with van der Waals surface area (Å²) in [4.78, 5) is 12.0. The summed E-state index contributed by atoms with van der Waals surface area (Å²) in [5.41, 5.74) is 0.943. The minimum absolute atomic E-state index is 0.102. The van der Waals surface area contributed by atoms with Crippen molar-refractivity contribution in [1.29, 1.82) is 0 Å². The number of anilines is 1. The summed E-state index contributed by atoms with van der Waals surface area (Å²) in [6.45, 7) is 0. The highest BCUT2D eigenvalue weighted by atomic mass is 35.5. The summed E-state index contributed by atoms with van der Waals surface area (Å²) >= 11 is 11.5. The molecule has 0 aliphatic heterocycles. The molecular formula is C15H8Cl2FN3O2. The number of carbonyl (C=O) groups is 1. The van der Waals surface area contributed by atoms with Gasteiger partial charge in [-0.1, -0.05) is 23.2 Å². The lowest BCUT2D eigenvalue weighted by Crippen LogP contribution is -2.12. The van der Waals surface area contributed by atoms with Gasteiger partial charge in [-0.25, -0.2) is 4.39 Å². The number of rotatable bonds is 3. The second kappa shape index (κ2) is 6.36. The lowest BCUT2D eigenvalue weighted by Gasteiger charge is -2.03. The van der Waals surface area contributed by atoms with Gasteiger partial charge < -0.3 is 9.73 Å². The van der Waals surface area contributed by atoms with Gasteiger partial charge >= 0.3 is 11.8 Å². The fourth-order valence-electron chi connectivity index (χ4n) is 1.78. The van der Waals surface area contributed by atoms with E-state index >= 15 is 0 Å². The Morgan fingerprint density at radius 2 is 1.83 bits per heavy atom. The Morgan fingerprint density at radius 3 is 2.52 bits per heavy atom. The van der Waals surface area contributed by atoms with E-state index < -0.39 is 11.7 Å². The summed E-state index contributed by atoms with van der Waals surface area (Å²) in [6, 6.07) is 10.5. The van der Waals surface area contributed by atoms with Crippen molar-refractivity contribution in [1.82, 2.24) is 10.2 Å². The van der Waals surface area contributed by atoms with Crippen molar-refractivity contribution in [3.63, 3.8) is 0 Å². The first-order valence-corrected chi connectivity index (χ1v) is 7.14. The van der Waals surface area contributed by atoms with E-state index in [0.29, 0.717) is 16.3 Å². The van der Waals surface area contributed by atoms with Gasteiger partial charge in [0.2, 0.25) is 5.89 Å². The monoisotopic (exact) mass is 351 g/mol. The first-order valence-electron chi connectivity index (χ1n) is 6.39. The van der Waals surface area contributed by atoms with E-state index in [4.69, 9.17) is 27.6 Å². The number of benzene rings is 2. The van der Waals surface area contributed by atoms with Crippen LogP contribution in [0.15, 0.2) is 46.9 Å². The molecule has 0 spiro atoms. The molecule has 8 heteroatoms. The van der Waals surface area contributed by atoms with Gasteiger partial charge in [-0.15, -0.1) is 10.2 Å². The Labute approximate surface area is 140 Å². The molecule has 0 unspecified atom stereocenters. The second-order valence-corrected chi connectivity index (χ2v) is 5.35. The standard InChI is InChI=1S/C15H8Cl2FN3O2/c16-9-3-1-8(2-4-9)14-20-21-15(23-14)13(22)19-10-5-6-12(18)11(17)7-10/h1-7H,(H,19,22). The average Bonchev–Trinajstić information content (AvgIpc) is 3.02. The smallest absolute Gasteiger partial charge is 0.313 e. The van der Waals surface area contributed by atoms with Crippen LogP contribution in [0.1, 0.15) is 10.7 Å². The zero-order chi connectivity index (χ0) is 16.4. The molecule has 0 saturated heterocycles. The Balaban J connectivity index is 1.78. The fraction of sp³-hybridized carbons (Fsp3) is 0. The maximum Gasteiger partial charge on any atom is 0.313 e. The van der Waals surface area contributed by atoms with Crippen molar-refractivity contribution in [2.45, 2.75) is 0 Å². The van der Waals surface area contributed by atoms with Gasteiger partial charge in [-0.2, -0.15) is 0 Å². The van der Waals surface area contributed by atoms with E-state index in [0.717, 1.165) is 6.07 Å². The Kier molecular flexibility index (Phi) is 4.27. The topological polar surface area (TPSA) is 68.0 Å². The number of hydrogen-bond acceptors (Lipinski definition) is 4. The maximum absolute atomic E-state index is 13.1. The van der Waals surface area contributed by atoms with E-state index in [2.05, 4.69) is 15.5 Å². The number of amides is 1. The summed E-state index contributed by atoms with van der Waals surface area (Å²) in [5, 5.41) is 10.4. The van der Waals surface area contributed by atoms with Crippen LogP contribution in [0.2, 0.25) is 10.0 Å². The zero-order valence-corrected chi connectivity index (χ0v) is 12.9. The predicted molar refractivity (Wildman–Crippen MR) is 84.1 cm³/mol. The molecule has 2 aromatic carbocycles. The minimum Gasteiger partial charge on any atom is -0.412 e. The predicted octanol–water partition coefficient (Wildman–Crippen LogP) is 4.43. The van der Waals surface area contributed by atoms with Gasteiger partial charge in [-0.05, 0) is 42.5 Å². The quantitative estimate of drug-likeness (QED) is 0.757. The average molecular weight is 352 g/mol. The molecular weight excluding hydrogens is 344 g/mol. The maximum atomic E-state index is 13.1. The highest BCUT2D eigenvalue weighted by Gasteiger charge is 2.16. The van der Waals surface area contributed by atoms with Crippen LogP contribution >= 0.6 is 23.2 Å². The zero-order valence-electron chi connectivity index (χ0n) is 11.4. The number of aromatic nitrogens is 2. The lowest BCUT2D eigenvalue weighted by molar-refractivity contribution is 0.0991. The van der Waals surface area contributed by atoms with Crippen molar-refractivity contribution >= 4 is 34.8 Å². The molecule has 0 aliphatic rings. The molecule has 23 heavy (non-hydrogen) atoms. The normalized spacial score (nSPS) is 10.6. The third-order valence-electron chi connectivity index (χ3n) is 2.89. The van der Waals surface area contributed by atoms with Crippen LogP contribution in [-0.2, 0) is 0 Å². The molecule has 1 aromatic heterocycles. The molecule has 1 amide bonds. The summed E-state index contributed by atoms with van der Waals surface area (Å²) in [6.07, 6.45) is 0. The summed E-state index contributed by atoms with van der Waals surface area (Å²) in [7, 11) is 0. The molecule has 0 aliphatic carbocycles. The summed E-state index contributed by atoms with van der Waals surface area (Å²) in [5.74, 6) is -1.24. The van der Waals surface area contributed by atoms with Gasteiger partial charge in [0, 0.05) is 16.3 Å². The second-order valence-electron chi connectivity index (χ2n) is 4.50. The van der Waals surface area contributed by atoms with Crippen molar-refractivity contribution in [3.8, 4) is 11.5 Å². The lowest BCUT2D eigenvalue weighted by atomic mass is 10.2. The SMILES string of the molecule is O=C(Nc1ccc(F)c(Cl)c1)c1nnc(-c2ccc(Cl)cc2)o1. The number of carbonyl (C=O) groups excluding carboxylic acids is 1. The van der Waals surface area contributed by atoms with E-state index in [9.17, 15) is 9.18 Å². The number of nitrogens with zero attached hydrogens (tertiary/aromatic N) is 2. The molecule has 1 N–H and O–H groups in total. The molecule has 5 nitrogen and oxygen atoms in total. The fourth-order valence-corrected chi connectivity index (χ4v) is 2.09. The highest BCUT2D eigenvalue weighted by molar-refractivity contribution is 6.31. The van der Waals surface area contributed by atoms with Crippen LogP contribution in [0.3, 0.4) is 0 Å². The van der Waals surface area contributed by atoms with E-state index in [1.54, 1.807) is 24.3 Å². The van der Waals surface area contributed by atoms with Gasteiger partial charge in [0.05, 0.1) is 5.02 Å². The van der Waals surface area contributed by atoms with Gasteiger partial charge in [0.25, 0.3) is 0 Å². The van der Waals surface area contributed by atoms with Crippen LogP contribution in [0, 0.1) is 5.82 Å². The van der Waals surface area contributed by atoms with Crippen LogP contribution in [0.4, 0.5) is 10.1 Å². The largest absolute Gasteiger partial charge is 0.412 e. The molecule has 0 bridgehead atoms.